The number of hydrogen-bond donors (Lipinski definition) is 1. The average molecular weight is 388 g/mol. The van der Waals surface area contributed by atoms with Crippen molar-refractivity contribution in [1.29, 1.82) is 0 Å². The molecular formula is C23H21N3OS. The Balaban J connectivity index is 1.59. The van der Waals surface area contributed by atoms with Crippen molar-refractivity contribution in [2.75, 3.05) is 11.1 Å². The fourth-order valence-electron chi connectivity index (χ4n) is 3.24. The first kappa shape index (κ1) is 18.3. The van der Waals surface area contributed by atoms with Crippen LogP contribution in [-0.4, -0.2) is 21.2 Å². The Bertz CT molecular complexity index is 1120. The van der Waals surface area contributed by atoms with Crippen LogP contribution < -0.4 is 5.32 Å². The predicted octanol–water partition coefficient (Wildman–Crippen LogP) is 5.37. The van der Waals surface area contributed by atoms with E-state index in [9.17, 15) is 4.79 Å². The summed E-state index contributed by atoms with van der Waals surface area (Å²) in [6.45, 7) is 4.01. The van der Waals surface area contributed by atoms with Gasteiger partial charge in [-0.2, -0.15) is 0 Å². The number of thioether (sulfide) groups is 1. The Morgan fingerprint density at radius 1 is 0.929 bits per heavy atom. The maximum absolute atomic E-state index is 12.6. The van der Waals surface area contributed by atoms with Gasteiger partial charge in [0.1, 0.15) is 0 Å². The van der Waals surface area contributed by atoms with Gasteiger partial charge in [-0.1, -0.05) is 60.3 Å². The van der Waals surface area contributed by atoms with Crippen LogP contribution in [-0.2, 0) is 4.79 Å². The van der Waals surface area contributed by atoms with Crippen LogP contribution in [0.25, 0.3) is 16.7 Å². The molecular weight excluding hydrogens is 366 g/mol. The molecule has 1 aromatic heterocycles. The standard InChI is InChI=1S/C23H21N3OS/c1-16-9-8-10-17(2)22(16)25-21(27)15-28-23-24-19-13-6-7-14-20(19)26(23)18-11-4-3-5-12-18/h3-14H,15H2,1-2H3,(H,25,27). The Hall–Kier alpha value is -3.05. The van der Waals surface area contributed by atoms with E-state index in [-0.39, 0.29) is 5.91 Å². The van der Waals surface area contributed by atoms with Crippen LogP contribution in [0.5, 0.6) is 0 Å². The van der Waals surface area contributed by atoms with Crippen molar-refractivity contribution < 1.29 is 4.79 Å². The van der Waals surface area contributed by atoms with Crippen molar-refractivity contribution in [3.05, 3.63) is 83.9 Å². The summed E-state index contributed by atoms with van der Waals surface area (Å²) >= 11 is 1.45. The number of carbonyl (C=O) groups is 1. The summed E-state index contributed by atoms with van der Waals surface area (Å²) in [4.78, 5) is 17.3. The highest BCUT2D eigenvalue weighted by Crippen LogP contribution is 2.28. The molecule has 4 nitrogen and oxygen atoms in total. The van der Waals surface area contributed by atoms with E-state index >= 15 is 0 Å². The fraction of sp³-hybridized carbons (Fsp3) is 0.130. The van der Waals surface area contributed by atoms with Crippen molar-refractivity contribution in [3.8, 4) is 5.69 Å². The minimum atomic E-state index is -0.0333. The van der Waals surface area contributed by atoms with Gasteiger partial charge in [0.15, 0.2) is 5.16 Å². The largest absolute Gasteiger partial charge is 0.325 e. The van der Waals surface area contributed by atoms with Crippen LogP contribution in [0.15, 0.2) is 78.0 Å². The smallest absolute Gasteiger partial charge is 0.234 e. The van der Waals surface area contributed by atoms with Gasteiger partial charge in [-0.3, -0.25) is 9.36 Å². The summed E-state index contributed by atoms with van der Waals surface area (Å²) < 4.78 is 2.10. The lowest BCUT2D eigenvalue weighted by molar-refractivity contribution is -0.113. The normalized spacial score (nSPS) is 10.9. The molecule has 140 valence electrons. The number of para-hydroxylation sites is 4. The van der Waals surface area contributed by atoms with E-state index in [1.54, 1.807) is 0 Å². The number of hydrogen-bond acceptors (Lipinski definition) is 3. The molecule has 0 saturated carbocycles. The minimum Gasteiger partial charge on any atom is -0.325 e. The van der Waals surface area contributed by atoms with Crippen LogP contribution in [0.1, 0.15) is 11.1 Å². The van der Waals surface area contributed by atoms with E-state index in [1.807, 2.05) is 68.4 Å². The SMILES string of the molecule is Cc1cccc(C)c1NC(=O)CSc1nc2ccccc2n1-c1ccccc1. The summed E-state index contributed by atoms with van der Waals surface area (Å²) in [7, 11) is 0. The molecule has 0 aliphatic heterocycles. The summed E-state index contributed by atoms with van der Waals surface area (Å²) in [5, 5.41) is 3.85. The van der Waals surface area contributed by atoms with E-state index in [4.69, 9.17) is 4.98 Å². The number of fused-ring (bicyclic) bond motifs is 1. The first-order valence-electron chi connectivity index (χ1n) is 9.15. The minimum absolute atomic E-state index is 0.0333. The van der Waals surface area contributed by atoms with E-state index < -0.39 is 0 Å². The van der Waals surface area contributed by atoms with E-state index in [0.29, 0.717) is 5.75 Å². The monoisotopic (exact) mass is 387 g/mol. The highest BCUT2D eigenvalue weighted by atomic mass is 32.2. The molecule has 0 aliphatic rings. The lowest BCUT2D eigenvalue weighted by Gasteiger charge is -2.12. The molecule has 1 N–H and O–H groups in total. The van der Waals surface area contributed by atoms with Crippen LogP contribution in [0.2, 0.25) is 0 Å². The summed E-state index contributed by atoms with van der Waals surface area (Å²) in [6, 6.07) is 24.1. The zero-order valence-electron chi connectivity index (χ0n) is 15.8. The van der Waals surface area contributed by atoms with E-state index in [0.717, 1.165) is 38.7 Å². The molecule has 3 aromatic carbocycles. The molecule has 28 heavy (non-hydrogen) atoms. The predicted molar refractivity (Wildman–Crippen MR) is 116 cm³/mol. The molecule has 0 spiro atoms. The Labute approximate surface area is 168 Å². The topological polar surface area (TPSA) is 46.9 Å². The van der Waals surface area contributed by atoms with Crippen molar-refractivity contribution in [2.24, 2.45) is 0 Å². The van der Waals surface area contributed by atoms with Crippen LogP contribution in [0.3, 0.4) is 0 Å². The Morgan fingerprint density at radius 3 is 2.36 bits per heavy atom. The first-order valence-corrected chi connectivity index (χ1v) is 10.1. The number of anilines is 1. The van der Waals surface area contributed by atoms with Gasteiger partial charge in [0.25, 0.3) is 0 Å². The molecule has 0 radical (unpaired) electrons. The van der Waals surface area contributed by atoms with Gasteiger partial charge in [0, 0.05) is 11.4 Å². The van der Waals surface area contributed by atoms with Gasteiger partial charge in [-0.25, -0.2) is 4.98 Å². The van der Waals surface area contributed by atoms with Crippen molar-refractivity contribution >= 4 is 34.4 Å². The quantitative estimate of drug-likeness (QED) is 0.468. The van der Waals surface area contributed by atoms with Crippen molar-refractivity contribution in [2.45, 2.75) is 19.0 Å². The number of nitrogens with zero attached hydrogens (tertiary/aromatic N) is 2. The molecule has 4 aromatic rings. The van der Waals surface area contributed by atoms with Crippen LogP contribution in [0, 0.1) is 13.8 Å². The number of imidazole rings is 1. The lowest BCUT2D eigenvalue weighted by atomic mass is 10.1. The lowest BCUT2D eigenvalue weighted by Crippen LogP contribution is -2.16. The third-order valence-corrected chi connectivity index (χ3v) is 5.56. The second kappa shape index (κ2) is 7.90. The third-order valence-electron chi connectivity index (χ3n) is 4.62. The van der Waals surface area contributed by atoms with Gasteiger partial charge in [0.05, 0.1) is 16.8 Å². The zero-order chi connectivity index (χ0) is 19.5. The number of nitrogens with one attached hydrogen (secondary N) is 1. The Kier molecular flexibility index (Phi) is 5.17. The van der Waals surface area contributed by atoms with Crippen molar-refractivity contribution in [1.82, 2.24) is 9.55 Å². The molecule has 5 heteroatoms. The summed E-state index contributed by atoms with van der Waals surface area (Å²) in [5.74, 6) is 0.262. The highest BCUT2D eigenvalue weighted by Gasteiger charge is 2.15. The number of benzene rings is 3. The molecule has 0 saturated heterocycles. The molecule has 1 amide bonds. The molecule has 0 fully saturated rings. The number of aromatic nitrogens is 2. The maximum atomic E-state index is 12.6. The summed E-state index contributed by atoms with van der Waals surface area (Å²) in [5.41, 5.74) is 6.01. The van der Waals surface area contributed by atoms with Gasteiger partial charge in [0.2, 0.25) is 5.91 Å². The number of amides is 1. The summed E-state index contributed by atoms with van der Waals surface area (Å²) in [6.07, 6.45) is 0. The molecule has 0 atom stereocenters. The fourth-order valence-corrected chi connectivity index (χ4v) is 4.07. The van der Waals surface area contributed by atoms with Gasteiger partial charge < -0.3 is 5.32 Å². The highest BCUT2D eigenvalue weighted by molar-refractivity contribution is 7.99. The average Bonchev–Trinajstić information content (AvgIpc) is 3.08. The van der Waals surface area contributed by atoms with Gasteiger partial charge in [-0.05, 0) is 49.2 Å². The maximum Gasteiger partial charge on any atom is 0.234 e. The molecule has 4 rings (SSSR count). The van der Waals surface area contributed by atoms with E-state index in [1.165, 1.54) is 11.8 Å². The Morgan fingerprint density at radius 2 is 1.61 bits per heavy atom. The third kappa shape index (κ3) is 3.66. The van der Waals surface area contributed by atoms with Crippen molar-refractivity contribution in [3.63, 3.8) is 0 Å². The zero-order valence-corrected chi connectivity index (χ0v) is 16.7. The molecule has 0 bridgehead atoms. The molecule has 0 unspecified atom stereocenters. The van der Waals surface area contributed by atoms with E-state index in [2.05, 4.69) is 28.1 Å². The van der Waals surface area contributed by atoms with Crippen LogP contribution >= 0.6 is 11.8 Å². The first-order chi connectivity index (χ1) is 13.6. The molecule has 1 heterocycles. The second-order valence-corrected chi connectivity index (χ2v) is 7.60. The second-order valence-electron chi connectivity index (χ2n) is 6.66. The van der Waals surface area contributed by atoms with Gasteiger partial charge >= 0.3 is 0 Å². The van der Waals surface area contributed by atoms with Gasteiger partial charge in [-0.15, -0.1) is 0 Å². The molecule has 0 aliphatic carbocycles. The number of carbonyl (C=O) groups excluding carboxylic acids is 1. The van der Waals surface area contributed by atoms with Crippen LogP contribution in [0.4, 0.5) is 5.69 Å². The number of rotatable bonds is 5. The number of aryl methyl sites for hydroxylation is 2.